The number of allylic oxidation sites excluding steroid dienone is 1. The van der Waals surface area contributed by atoms with Gasteiger partial charge in [-0.2, -0.15) is 0 Å². The molecule has 0 spiro atoms. The molecule has 78 valence electrons. The molecule has 0 saturated heterocycles. The SMILES string of the molecule is COC(=O)[C@@H]1CC=C[C@@H]2[C@@H]1CC[C@@H]2O. The highest BCUT2D eigenvalue weighted by Gasteiger charge is 2.42. The van der Waals surface area contributed by atoms with Crippen molar-refractivity contribution in [1.82, 2.24) is 0 Å². The van der Waals surface area contributed by atoms with Gasteiger partial charge in [-0.25, -0.2) is 0 Å². The van der Waals surface area contributed by atoms with Crippen molar-refractivity contribution in [2.75, 3.05) is 7.11 Å². The second-order valence-electron chi connectivity index (χ2n) is 4.18. The zero-order valence-electron chi connectivity index (χ0n) is 8.35. The van der Waals surface area contributed by atoms with E-state index in [0.29, 0.717) is 5.92 Å². The molecule has 2 aliphatic carbocycles. The third-order valence-corrected chi connectivity index (χ3v) is 3.50. The summed E-state index contributed by atoms with van der Waals surface area (Å²) in [6.45, 7) is 0. The zero-order valence-corrected chi connectivity index (χ0v) is 8.35. The maximum absolute atomic E-state index is 11.5. The second-order valence-corrected chi connectivity index (χ2v) is 4.18. The van der Waals surface area contributed by atoms with E-state index in [4.69, 9.17) is 4.74 Å². The number of ether oxygens (including phenoxy) is 1. The number of hydrogen-bond acceptors (Lipinski definition) is 3. The van der Waals surface area contributed by atoms with Crippen molar-refractivity contribution in [1.29, 1.82) is 0 Å². The minimum atomic E-state index is -0.260. The number of esters is 1. The van der Waals surface area contributed by atoms with Crippen molar-refractivity contribution in [2.45, 2.75) is 25.4 Å². The van der Waals surface area contributed by atoms with Crippen LogP contribution in [0.4, 0.5) is 0 Å². The highest BCUT2D eigenvalue weighted by molar-refractivity contribution is 5.73. The summed E-state index contributed by atoms with van der Waals surface area (Å²) >= 11 is 0. The molecule has 0 radical (unpaired) electrons. The molecule has 2 aliphatic rings. The smallest absolute Gasteiger partial charge is 0.309 e. The Morgan fingerprint density at radius 3 is 3.00 bits per heavy atom. The lowest BCUT2D eigenvalue weighted by molar-refractivity contribution is -0.148. The van der Waals surface area contributed by atoms with Gasteiger partial charge in [-0.1, -0.05) is 12.2 Å². The van der Waals surface area contributed by atoms with E-state index < -0.39 is 0 Å². The van der Waals surface area contributed by atoms with E-state index in [1.54, 1.807) is 0 Å². The second kappa shape index (κ2) is 3.73. The number of carbonyl (C=O) groups is 1. The Bertz CT molecular complexity index is 259. The highest BCUT2D eigenvalue weighted by atomic mass is 16.5. The number of hydrogen-bond donors (Lipinski definition) is 1. The number of aliphatic hydroxyl groups excluding tert-OH is 1. The van der Waals surface area contributed by atoms with Gasteiger partial charge in [-0.3, -0.25) is 4.79 Å². The molecule has 1 fully saturated rings. The van der Waals surface area contributed by atoms with E-state index in [0.717, 1.165) is 19.3 Å². The monoisotopic (exact) mass is 196 g/mol. The average Bonchev–Trinajstić information content (AvgIpc) is 2.59. The molecule has 0 amide bonds. The van der Waals surface area contributed by atoms with E-state index in [1.807, 2.05) is 6.08 Å². The number of aliphatic hydroxyl groups is 1. The van der Waals surface area contributed by atoms with Crippen LogP contribution in [0.3, 0.4) is 0 Å². The van der Waals surface area contributed by atoms with Gasteiger partial charge in [0.1, 0.15) is 0 Å². The molecule has 1 N–H and O–H groups in total. The molecular weight excluding hydrogens is 180 g/mol. The number of carbonyl (C=O) groups excluding carboxylic acids is 1. The van der Waals surface area contributed by atoms with E-state index in [-0.39, 0.29) is 23.9 Å². The van der Waals surface area contributed by atoms with Crippen LogP contribution < -0.4 is 0 Å². The molecular formula is C11H16O3. The Hall–Kier alpha value is -0.830. The first-order valence-corrected chi connectivity index (χ1v) is 5.16. The van der Waals surface area contributed by atoms with Crippen LogP contribution in [0.2, 0.25) is 0 Å². The molecule has 0 aromatic heterocycles. The van der Waals surface area contributed by atoms with Gasteiger partial charge in [0.25, 0.3) is 0 Å². The van der Waals surface area contributed by atoms with Crippen LogP contribution in [0.25, 0.3) is 0 Å². The fourth-order valence-corrected chi connectivity index (χ4v) is 2.75. The van der Waals surface area contributed by atoms with Gasteiger partial charge in [0.05, 0.1) is 19.1 Å². The van der Waals surface area contributed by atoms with Gasteiger partial charge in [0.2, 0.25) is 0 Å². The Labute approximate surface area is 83.8 Å². The highest BCUT2D eigenvalue weighted by Crippen LogP contribution is 2.42. The lowest BCUT2D eigenvalue weighted by Crippen LogP contribution is -2.31. The molecule has 4 atom stereocenters. The Balaban J connectivity index is 2.15. The number of rotatable bonds is 1. The van der Waals surface area contributed by atoms with Gasteiger partial charge in [0.15, 0.2) is 0 Å². The van der Waals surface area contributed by atoms with Crippen molar-refractivity contribution >= 4 is 5.97 Å². The van der Waals surface area contributed by atoms with Crippen LogP contribution in [-0.2, 0) is 9.53 Å². The summed E-state index contributed by atoms with van der Waals surface area (Å²) in [5.74, 6) is 0.306. The molecule has 2 rings (SSSR count). The lowest BCUT2D eigenvalue weighted by Gasteiger charge is -2.28. The van der Waals surface area contributed by atoms with Crippen molar-refractivity contribution in [3.63, 3.8) is 0 Å². The van der Waals surface area contributed by atoms with E-state index >= 15 is 0 Å². The normalized spacial score (nSPS) is 40.7. The van der Waals surface area contributed by atoms with Crippen molar-refractivity contribution in [3.8, 4) is 0 Å². The molecule has 0 aromatic carbocycles. The predicted molar refractivity (Wildman–Crippen MR) is 51.5 cm³/mol. The van der Waals surface area contributed by atoms with Crippen molar-refractivity contribution in [2.24, 2.45) is 17.8 Å². The van der Waals surface area contributed by atoms with Gasteiger partial charge in [-0.05, 0) is 25.2 Å². The summed E-state index contributed by atoms with van der Waals surface area (Å²) in [7, 11) is 1.43. The average molecular weight is 196 g/mol. The van der Waals surface area contributed by atoms with Crippen LogP contribution in [0.1, 0.15) is 19.3 Å². The fraction of sp³-hybridized carbons (Fsp3) is 0.727. The van der Waals surface area contributed by atoms with Gasteiger partial charge in [-0.15, -0.1) is 0 Å². The maximum atomic E-state index is 11.5. The molecule has 3 nitrogen and oxygen atoms in total. The predicted octanol–water partition coefficient (Wildman–Crippen LogP) is 1.12. The van der Waals surface area contributed by atoms with Gasteiger partial charge in [0, 0.05) is 5.92 Å². The lowest BCUT2D eigenvalue weighted by atomic mass is 9.77. The quantitative estimate of drug-likeness (QED) is 0.505. The van der Waals surface area contributed by atoms with Crippen LogP contribution in [0.15, 0.2) is 12.2 Å². The third-order valence-electron chi connectivity index (χ3n) is 3.50. The van der Waals surface area contributed by atoms with Crippen molar-refractivity contribution < 1.29 is 14.6 Å². The van der Waals surface area contributed by atoms with Crippen molar-refractivity contribution in [3.05, 3.63) is 12.2 Å². The van der Waals surface area contributed by atoms with Crippen LogP contribution in [0.5, 0.6) is 0 Å². The first-order valence-electron chi connectivity index (χ1n) is 5.16. The molecule has 0 heterocycles. The zero-order chi connectivity index (χ0) is 10.1. The summed E-state index contributed by atoms with van der Waals surface area (Å²) in [6.07, 6.45) is 6.31. The van der Waals surface area contributed by atoms with Gasteiger partial charge >= 0.3 is 5.97 Å². The Kier molecular flexibility index (Phi) is 2.59. The molecule has 0 aliphatic heterocycles. The minimum absolute atomic E-state index is 0.0350. The number of methoxy groups -OCH3 is 1. The summed E-state index contributed by atoms with van der Waals surface area (Å²) in [5, 5.41) is 9.69. The van der Waals surface area contributed by atoms with Gasteiger partial charge < -0.3 is 9.84 Å². The molecule has 14 heavy (non-hydrogen) atoms. The first kappa shape index (κ1) is 9.71. The Morgan fingerprint density at radius 2 is 2.29 bits per heavy atom. The fourth-order valence-electron chi connectivity index (χ4n) is 2.75. The molecule has 0 unspecified atom stereocenters. The van der Waals surface area contributed by atoms with Crippen LogP contribution >= 0.6 is 0 Å². The molecule has 0 bridgehead atoms. The minimum Gasteiger partial charge on any atom is -0.469 e. The third kappa shape index (κ3) is 1.46. The number of fused-ring (bicyclic) bond motifs is 1. The standard InChI is InChI=1S/C11H16O3/c1-14-11(13)9-4-2-3-8-7(9)5-6-10(8)12/h2-3,7-10,12H,4-6H2,1H3/t7-,8+,9+,10-/m0/s1. The summed E-state index contributed by atoms with van der Waals surface area (Å²) in [4.78, 5) is 11.5. The first-order chi connectivity index (χ1) is 6.74. The summed E-state index contributed by atoms with van der Waals surface area (Å²) in [5.41, 5.74) is 0. The molecule has 0 aromatic rings. The van der Waals surface area contributed by atoms with E-state index in [2.05, 4.69) is 6.08 Å². The maximum Gasteiger partial charge on any atom is 0.309 e. The summed E-state index contributed by atoms with van der Waals surface area (Å²) in [6, 6.07) is 0. The summed E-state index contributed by atoms with van der Waals surface area (Å²) < 4.78 is 4.78. The van der Waals surface area contributed by atoms with Crippen LogP contribution in [0, 0.1) is 17.8 Å². The van der Waals surface area contributed by atoms with Crippen LogP contribution in [-0.4, -0.2) is 24.3 Å². The molecule has 3 heteroatoms. The largest absolute Gasteiger partial charge is 0.469 e. The molecule has 1 saturated carbocycles. The Morgan fingerprint density at radius 1 is 1.50 bits per heavy atom. The van der Waals surface area contributed by atoms with E-state index in [1.165, 1.54) is 7.11 Å². The van der Waals surface area contributed by atoms with E-state index in [9.17, 15) is 9.90 Å². The topological polar surface area (TPSA) is 46.5 Å².